The first kappa shape index (κ1) is 23.9. The minimum absolute atomic E-state index is 0.143. The summed E-state index contributed by atoms with van der Waals surface area (Å²) >= 11 is 0. The SMILES string of the molecule is C/C=C/COC(=O)CC(CC(=O)OC/C=C/C)OC(=O)CCCN(C)C. The molecule has 0 saturated heterocycles. The molecule has 7 heteroatoms. The molecule has 0 N–H and O–H groups in total. The Morgan fingerprint density at radius 1 is 0.885 bits per heavy atom. The number of hydrogen-bond donors (Lipinski definition) is 0. The highest BCUT2D eigenvalue weighted by Gasteiger charge is 2.23. The van der Waals surface area contributed by atoms with Crippen molar-refractivity contribution in [3.63, 3.8) is 0 Å². The first-order chi connectivity index (χ1) is 12.4. The molecule has 0 aromatic rings. The molecular weight excluding hydrogens is 338 g/mol. The molecule has 0 aromatic heterocycles. The first-order valence-electron chi connectivity index (χ1n) is 8.76. The van der Waals surface area contributed by atoms with Crippen LogP contribution in [0.2, 0.25) is 0 Å². The van der Waals surface area contributed by atoms with Crippen LogP contribution in [-0.4, -0.2) is 62.8 Å². The fraction of sp³-hybridized carbons (Fsp3) is 0.632. The summed E-state index contributed by atoms with van der Waals surface area (Å²) in [5.41, 5.74) is 0. The van der Waals surface area contributed by atoms with Gasteiger partial charge in [0.05, 0.1) is 12.8 Å². The number of nitrogens with zero attached hydrogens (tertiary/aromatic N) is 1. The summed E-state index contributed by atoms with van der Waals surface area (Å²) in [6.07, 6.45) is 6.48. The van der Waals surface area contributed by atoms with Gasteiger partial charge >= 0.3 is 17.9 Å². The zero-order valence-corrected chi connectivity index (χ0v) is 16.2. The van der Waals surface area contributed by atoms with E-state index < -0.39 is 24.0 Å². The maximum absolute atomic E-state index is 12.0. The molecule has 0 bridgehead atoms. The Labute approximate surface area is 156 Å². The molecule has 0 spiro atoms. The normalized spacial score (nSPS) is 11.5. The minimum Gasteiger partial charge on any atom is -0.461 e. The monoisotopic (exact) mass is 369 g/mol. The Balaban J connectivity index is 4.57. The highest BCUT2D eigenvalue weighted by atomic mass is 16.6. The average Bonchev–Trinajstić information content (AvgIpc) is 2.54. The quantitative estimate of drug-likeness (QED) is 0.280. The van der Waals surface area contributed by atoms with Crippen LogP contribution in [0.4, 0.5) is 0 Å². The molecule has 0 radical (unpaired) electrons. The summed E-state index contributed by atoms with van der Waals surface area (Å²) in [6.45, 7) is 4.66. The Morgan fingerprint density at radius 2 is 1.38 bits per heavy atom. The van der Waals surface area contributed by atoms with E-state index in [-0.39, 0.29) is 32.5 Å². The van der Waals surface area contributed by atoms with Crippen LogP contribution in [-0.2, 0) is 28.6 Å². The van der Waals surface area contributed by atoms with E-state index in [0.717, 1.165) is 6.54 Å². The molecule has 0 fully saturated rings. The number of ether oxygens (including phenoxy) is 3. The lowest BCUT2D eigenvalue weighted by molar-refractivity contribution is -0.158. The second-order valence-corrected chi connectivity index (χ2v) is 5.93. The van der Waals surface area contributed by atoms with E-state index >= 15 is 0 Å². The van der Waals surface area contributed by atoms with Gasteiger partial charge in [0.25, 0.3) is 0 Å². The number of rotatable bonds is 13. The molecule has 0 aliphatic heterocycles. The molecule has 0 atom stereocenters. The molecule has 0 aliphatic carbocycles. The number of carbonyl (C=O) groups excluding carboxylic acids is 3. The summed E-state index contributed by atoms with van der Waals surface area (Å²) in [5.74, 6) is -1.51. The Hall–Kier alpha value is -2.15. The topological polar surface area (TPSA) is 82.1 Å². The maximum atomic E-state index is 12.0. The van der Waals surface area contributed by atoms with Crippen molar-refractivity contribution in [2.75, 3.05) is 33.9 Å². The van der Waals surface area contributed by atoms with Crippen molar-refractivity contribution < 1.29 is 28.6 Å². The fourth-order valence-corrected chi connectivity index (χ4v) is 1.90. The third kappa shape index (κ3) is 14.2. The summed E-state index contributed by atoms with van der Waals surface area (Å²) in [7, 11) is 3.82. The zero-order chi connectivity index (χ0) is 19.8. The summed E-state index contributed by atoms with van der Waals surface area (Å²) in [5, 5.41) is 0. The second-order valence-electron chi connectivity index (χ2n) is 5.93. The van der Waals surface area contributed by atoms with E-state index in [1.807, 2.05) is 32.8 Å². The molecule has 0 aromatic carbocycles. The van der Waals surface area contributed by atoms with Gasteiger partial charge < -0.3 is 19.1 Å². The second kappa shape index (κ2) is 15.1. The van der Waals surface area contributed by atoms with Gasteiger partial charge in [-0.15, -0.1) is 0 Å². The fourth-order valence-electron chi connectivity index (χ4n) is 1.90. The smallest absolute Gasteiger partial charge is 0.309 e. The largest absolute Gasteiger partial charge is 0.461 e. The van der Waals surface area contributed by atoms with Gasteiger partial charge in [-0.2, -0.15) is 0 Å². The van der Waals surface area contributed by atoms with Crippen LogP contribution in [0, 0.1) is 0 Å². The van der Waals surface area contributed by atoms with E-state index in [1.165, 1.54) is 0 Å². The van der Waals surface area contributed by atoms with Gasteiger partial charge in [0.1, 0.15) is 19.3 Å². The van der Waals surface area contributed by atoms with Crippen LogP contribution >= 0.6 is 0 Å². The van der Waals surface area contributed by atoms with Gasteiger partial charge in [0, 0.05) is 6.42 Å². The predicted octanol–water partition coefficient (Wildman–Crippen LogP) is 2.26. The maximum Gasteiger partial charge on any atom is 0.309 e. The first-order valence-corrected chi connectivity index (χ1v) is 8.76. The highest BCUT2D eigenvalue weighted by Crippen LogP contribution is 2.10. The Kier molecular flexibility index (Phi) is 13.9. The molecular formula is C19H31NO6. The molecule has 0 amide bonds. The van der Waals surface area contributed by atoms with Crippen molar-refractivity contribution in [1.29, 1.82) is 0 Å². The third-order valence-electron chi connectivity index (χ3n) is 3.23. The Morgan fingerprint density at radius 3 is 1.81 bits per heavy atom. The van der Waals surface area contributed by atoms with Crippen LogP contribution in [0.25, 0.3) is 0 Å². The molecule has 26 heavy (non-hydrogen) atoms. The molecule has 0 rings (SSSR count). The molecule has 148 valence electrons. The van der Waals surface area contributed by atoms with Crippen molar-refractivity contribution in [3.8, 4) is 0 Å². The van der Waals surface area contributed by atoms with Gasteiger partial charge in [-0.1, -0.05) is 24.3 Å². The number of allylic oxidation sites excluding steroid dienone is 2. The minimum atomic E-state index is -0.891. The molecule has 0 aliphatic rings. The van der Waals surface area contributed by atoms with Gasteiger partial charge in [-0.05, 0) is 40.9 Å². The van der Waals surface area contributed by atoms with E-state index in [9.17, 15) is 14.4 Å². The zero-order valence-electron chi connectivity index (χ0n) is 16.2. The molecule has 0 unspecified atom stereocenters. The van der Waals surface area contributed by atoms with Gasteiger partial charge in [0.2, 0.25) is 0 Å². The summed E-state index contributed by atoms with van der Waals surface area (Å²) in [4.78, 5) is 37.6. The van der Waals surface area contributed by atoms with Crippen molar-refractivity contribution in [1.82, 2.24) is 4.90 Å². The lowest BCUT2D eigenvalue weighted by Gasteiger charge is -2.17. The van der Waals surface area contributed by atoms with E-state index in [4.69, 9.17) is 14.2 Å². The third-order valence-corrected chi connectivity index (χ3v) is 3.23. The average molecular weight is 369 g/mol. The van der Waals surface area contributed by atoms with Crippen LogP contribution in [0.3, 0.4) is 0 Å². The number of hydrogen-bond acceptors (Lipinski definition) is 7. The lowest BCUT2D eigenvalue weighted by Crippen LogP contribution is -2.27. The van der Waals surface area contributed by atoms with Gasteiger partial charge in [-0.25, -0.2) is 0 Å². The highest BCUT2D eigenvalue weighted by molar-refractivity contribution is 5.76. The number of carbonyl (C=O) groups is 3. The van der Waals surface area contributed by atoms with Crippen molar-refractivity contribution in [2.24, 2.45) is 0 Å². The Bertz CT molecular complexity index is 454. The summed E-state index contributed by atoms with van der Waals surface area (Å²) in [6, 6.07) is 0. The van der Waals surface area contributed by atoms with E-state index in [0.29, 0.717) is 6.42 Å². The summed E-state index contributed by atoms with van der Waals surface area (Å²) < 4.78 is 15.3. The van der Waals surface area contributed by atoms with E-state index in [2.05, 4.69) is 0 Å². The van der Waals surface area contributed by atoms with Crippen LogP contribution < -0.4 is 0 Å². The predicted molar refractivity (Wildman–Crippen MR) is 98.4 cm³/mol. The van der Waals surface area contributed by atoms with Crippen LogP contribution in [0.1, 0.15) is 39.5 Å². The van der Waals surface area contributed by atoms with Crippen molar-refractivity contribution in [3.05, 3.63) is 24.3 Å². The molecule has 0 heterocycles. The van der Waals surface area contributed by atoms with Crippen molar-refractivity contribution in [2.45, 2.75) is 45.6 Å². The standard InChI is InChI=1S/C19H31NO6/c1-5-7-12-24-18(22)14-16(15-19(23)25-13-8-6-2)26-17(21)10-9-11-20(3)4/h5-8,16H,9-15H2,1-4H3/b7-5+,8-6+. The van der Waals surface area contributed by atoms with Crippen LogP contribution in [0.15, 0.2) is 24.3 Å². The lowest BCUT2D eigenvalue weighted by atomic mass is 10.2. The van der Waals surface area contributed by atoms with Crippen LogP contribution in [0.5, 0.6) is 0 Å². The molecule has 7 nitrogen and oxygen atoms in total. The van der Waals surface area contributed by atoms with Gasteiger partial charge in [0.15, 0.2) is 0 Å². The van der Waals surface area contributed by atoms with Gasteiger partial charge in [-0.3, -0.25) is 14.4 Å². The van der Waals surface area contributed by atoms with E-state index in [1.54, 1.807) is 24.3 Å². The number of esters is 3. The molecule has 0 saturated carbocycles. The van der Waals surface area contributed by atoms with Crippen molar-refractivity contribution >= 4 is 17.9 Å².